The van der Waals surface area contributed by atoms with Gasteiger partial charge in [0.2, 0.25) is 0 Å². The molecule has 120 valence electrons. The lowest BCUT2D eigenvalue weighted by Gasteiger charge is -2.12. The molecule has 2 nitrogen and oxygen atoms in total. The molecule has 4 rings (SSSR count). The summed E-state index contributed by atoms with van der Waals surface area (Å²) in [6.07, 6.45) is 4.28. The standard InChI is InChI=1S/C23H17NO/c25-17-9-15-21-20-14-7-8-16-22(20)24(19-12-5-2-6-13-19)23(21)18-10-3-1-4-11-18/h1-17H. The van der Waals surface area contributed by atoms with E-state index in [4.69, 9.17) is 0 Å². The number of carbonyl (C=O) groups is 1. The van der Waals surface area contributed by atoms with Gasteiger partial charge in [-0.25, -0.2) is 0 Å². The molecule has 0 radical (unpaired) electrons. The zero-order chi connectivity index (χ0) is 17.1. The number of carbonyl (C=O) groups excluding carboxylic acids is 1. The maximum Gasteiger partial charge on any atom is 0.142 e. The van der Waals surface area contributed by atoms with Gasteiger partial charge in [-0.1, -0.05) is 66.7 Å². The summed E-state index contributed by atoms with van der Waals surface area (Å²) in [6.45, 7) is 0. The molecule has 0 N–H and O–H groups in total. The van der Waals surface area contributed by atoms with Gasteiger partial charge < -0.3 is 4.57 Å². The smallest absolute Gasteiger partial charge is 0.142 e. The van der Waals surface area contributed by atoms with Crippen molar-refractivity contribution in [3.05, 3.63) is 96.6 Å². The van der Waals surface area contributed by atoms with E-state index in [2.05, 4.69) is 41.0 Å². The molecule has 2 heteroatoms. The van der Waals surface area contributed by atoms with Crippen molar-refractivity contribution in [3.63, 3.8) is 0 Å². The summed E-state index contributed by atoms with van der Waals surface area (Å²) in [5, 5.41) is 1.13. The number of para-hydroxylation sites is 2. The predicted molar refractivity (Wildman–Crippen MR) is 104 cm³/mol. The monoisotopic (exact) mass is 323 g/mol. The topological polar surface area (TPSA) is 22.0 Å². The van der Waals surface area contributed by atoms with E-state index < -0.39 is 0 Å². The van der Waals surface area contributed by atoms with Crippen molar-refractivity contribution < 1.29 is 4.79 Å². The Labute approximate surface area is 146 Å². The van der Waals surface area contributed by atoms with Crippen LogP contribution in [0.5, 0.6) is 0 Å². The summed E-state index contributed by atoms with van der Waals surface area (Å²) in [5.41, 5.74) is 5.48. The number of hydrogen-bond acceptors (Lipinski definition) is 1. The maximum atomic E-state index is 10.9. The van der Waals surface area contributed by atoms with Crippen LogP contribution in [0.15, 0.2) is 91.0 Å². The molecule has 0 spiro atoms. The van der Waals surface area contributed by atoms with Crippen LogP contribution >= 0.6 is 0 Å². The van der Waals surface area contributed by atoms with Gasteiger partial charge in [0, 0.05) is 16.6 Å². The van der Waals surface area contributed by atoms with E-state index in [1.165, 1.54) is 0 Å². The van der Waals surface area contributed by atoms with Crippen molar-refractivity contribution in [3.8, 4) is 16.9 Å². The van der Waals surface area contributed by atoms with Crippen LogP contribution in [-0.2, 0) is 4.79 Å². The van der Waals surface area contributed by atoms with E-state index in [1.54, 1.807) is 6.08 Å². The second kappa shape index (κ2) is 6.62. The summed E-state index contributed by atoms with van der Waals surface area (Å²) in [4.78, 5) is 10.9. The predicted octanol–water partition coefficient (Wildman–Crippen LogP) is 5.51. The van der Waals surface area contributed by atoms with E-state index in [9.17, 15) is 4.79 Å². The molecule has 0 fully saturated rings. The molecule has 0 aliphatic carbocycles. The Balaban J connectivity index is 2.15. The largest absolute Gasteiger partial charge is 0.309 e. The average Bonchev–Trinajstić information content (AvgIpc) is 3.02. The van der Waals surface area contributed by atoms with Crippen LogP contribution in [0.25, 0.3) is 33.9 Å². The Morgan fingerprint density at radius 2 is 1.36 bits per heavy atom. The Bertz CT molecular complexity index is 1040. The first kappa shape index (κ1) is 15.2. The zero-order valence-electron chi connectivity index (χ0n) is 13.7. The third-order valence-corrected chi connectivity index (χ3v) is 4.32. The molecule has 0 saturated heterocycles. The van der Waals surface area contributed by atoms with Gasteiger partial charge in [0.15, 0.2) is 0 Å². The summed E-state index contributed by atoms with van der Waals surface area (Å²) >= 11 is 0. The SMILES string of the molecule is O=CC=Cc1c(-c2ccccc2)n(-c2ccccc2)c2ccccc12. The van der Waals surface area contributed by atoms with E-state index in [0.717, 1.165) is 39.7 Å². The molecule has 0 amide bonds. The van der Waals surface area contributed by atoms with E-state index >= 15 is 0 Å². The highest BCUT2D eigenvalue weighted by molar-refractivity contribution is 6.00. The van der Waals surface area contributed by atoms with Crippen molar-refractivity contribution in [1.82, 2.24) is 4.57 Å². The first-order chi connectivity index (χ1) is 12.4. The molecular formula is C23H17NO. The van der Waals surface area contributed by atoms with Crippen molar-refractivity contribution in [2.75, 3.05) is 0 Å². The minimum Gasteiger partial charge on any atom is -0.309 e. The highest BCUT2D eigenvalue weighted by atomic mass is 16.1. The number of nitrogens with zero attached hydrogens (tertiary/aromatic N) is 1. The van der Waals surface area contributed by atoms with E-state index in [1.807, 2.05) is 54.6 Å². The molecule has 3 aromatic carbocycles. The van der Waals surface area contributed by atoms with Crippen LogP contribution < -0.4 is 0 Å². The Morgan fingerprint density at radius 1 is 0.720 bits per heavy atom. The third kappa shape index (κ3) is 2.68. The van der Waals surface area contributed by atoms with Crippen LogP contribution in [0.3, 0.4) is 0 Å². The summed E-state index contributed by atoms with van der Waals surface area (Å²) in [7, 11) is 0. The molecule has 0 aliphatic rings. The molecular weight excluding hydrogens is 306 g/mol. The van der Waals surface area contributed by atoms with Gasteiger partial charge in [0.05, 0.1) is 11.2 Å². The number of benzene rings is 3. The number of rotatable bonds is 4. The Kier molecular flexibility index (Phi) is 4.01. The first-order valence-electron chi connectivity index (χ1n) is 8.26. The van der Waals surface area contributed by atoms with Crippen molar-refractivity contribution >= 4 is 23.3 Å². The van der Waals surface area contributed by atoms with Crippen LogP contribution in [0.4, 0.5) is 0 Å². The lowest BCUT2D eigenvalue weighted by atomic mass is 10.0. The quantitative estimate of drug-likeness (QED) is 0.358. The van der Waals surface area contributed by atoms with Crippen LogP contribution in [0, 0.1) is 0 Å². The van der Waals surface area contributed by atoms with Crippen LogP contribution in [0.2, 0.25) is 0 Å². The molecule has 25 heavy (non-hydrogen) atoms. The highest BCUT2D eigenvalue weighted by Gasteiger charge is 2.17. The van der Waals surface area contributed by atoms with E-state index in [0.29, 0.717) is 0 Å². The van der Waals surface area contributed by atoms with Gasteiger partial charge in [0.1, 0.15) is 6.29 Å². The minimum absolute atomic E-state index is 0.823. The lowest BCUT2D eigenvalue weighted by Crippen LogP contribution is -1.97. The molecule has 1 aromatic heterocycles. The van der Waals surface area contributed by atoms with Gasteiger partial charge in [-0.2, -0.15) is 0 Å². The van der Waals surface area contributed by atoms with Gasteiger partial charge in [-0.3, -0.25) is 4.79 Å². The number of aldehydes is 1. The number of hydrogen-bond donors (Lipinski definition) is 0. The van der Waals surface area contributed by atoms with Crippen molar-refractivity contribution in [2.45, 2.75) is 0 Å². The maximum absolute atomic E-state index is 10.9. The summed E-state index contributed by atoms with van der Waals surface area (Å²) < 4.78 is 2.26. The van der Waals surface area contributed by atoms with Crippen molar-refractivity contribution in [1.29, 1.82) is 0 Å². The Morgan fingerprint density at radius 3 is 2.08 bits per heavy atom. The molecule has 0 saturated carbocycles. The van der Waals surface area contributed by atoms with Crippen molar-refractivity contribution in [2.24, 2.45) is 0 Å². The average molecular weight is 323 g/mol. The lowest BCUT2D eigenvalue weighted by molar-refractivity contribution is -0.104. The van der Waals surface area contributed by atoms with Gasteiger partial charge >= 0.3 is 0 Å². The van der Waals surface area contributed by atoms with Gasteiger partial charge in [-0.15, -0.1) is 0 Å². The van der Waals surface area contributed by atoms with E-state index in [-0.39, 0.29) is 0 Å². The number of allylic oxidation sites excluding steroid dienone is 1. The number of aromatic nitrogens is 1. The summed E-state index contributed by atoms with van der Waals surface area (Å²) in [5.74, 6) is 0. The molecule has 4 aromatic rings. The fourth-order valence-corrected chi connectivity index (χ4v) is 3.29. The molecule has 0 unspecified atom stereocenters. The first-order valence-corrected chi connectivity index (χ1v) is 8.26. The van der Waals surface area contributed by atoms with Gasteiger partial charge in [0.25, 0.3) is 0 Å². The fourth-order valence-electron chi connectivity index (χ4n) is 3.29. The fraction of sp³-hybridized carbons (Fsp3) is 0. The molecule has 0 aliphatic heterocycles. The molecule has 0 atom stereocenters. The molecule has 1 heterocycles. The minimum atomic E-state index is 0.823. The number of fused-ring (bicyclic) bond motifs is 1. The Hall–Kier alpha value is -3.39. The van der Waals surface area contributed by atoms with Crippen LogP contribution in [-0.4, -0.2) is 10.9 Å². The summed E-state index contributed by atoms with van der Waals surface area (Å²) in [6, 6.07) is 28.9. The molecule has 0 bridgehead atoms. The highest BCUT2D eigenvalue weighted by Crippen LogP contribution is 2.37. The van der Waals surface area contributed by atoms with Crippen LogP contribution in [0.1, 0.15) is 5.56 Å². The normalized spacial score (nSPS) is 11.2. The van der Waals surface area contributed by atoms with Gasteiger partial charge in [-0.05, 0) is 35.9 Å². The third-order valence-electron chi connectivity index (χ3n) is 4.32. The second-order valence-electron chi connectivity index (χ2n) is 5.81. The zero-order valence-corrected chi connectivity index (χ0v) is 13.7. The second-order valence-corrected chi connectivity index (χ2v) is 5.81.